The predicted molar refractivity (Wildman–Crippen MR) is 218 cm³/mol. The molecule has 0 aliphatic rings. The molecule has 8 heteroatoms. The topological polar surface area (TPSA) is 55.4 Å². The number of hydrogen-bond donors (Lipinski definition) is 0. The van der Waals surface area contributed by atoms with Crippen molar-refractivity contribution < 1.29 is 26.6 Å². The SMILES string of the molecule is CCCCCCCCCC[Si](OC(C)(C)C)(OC(C)(C)C)OC(C)(C)C.CCCCCCCCCC[Si](OC(C)C)(OC(C)C)OC(C)C. The summed E-state index contributed by atoms with van der Waals surface area (Å²) in [4.78, 5) is 0. The van der Waals surface area contributed by atoms with Crippen LogP contribution in [0.5, 0.6) is 0 Å². The molecule has 0 spiro atoms. The molecule has 0 atom stereocenters. The first-order valence-electron chi connectivity index (χ1n) is 20.6. The van der Waals surface area contributed by atoms with Gasteiger partial charge in [-0.15, -0.1) is 0 Å². The van der Waals surface area contributed by atoms with Crippen LogP contribution < -0.4 is 0 Å². The van der Waals surface area contributed by atoms with E-state index in [0.29, 0.717) is 0 Å². The lowest BCUT2D eigenvalue weighted by molar-refractivity contribution is -0.0755. The fourth-order valence-electron chi connectivity index (χ4n) is 5.90. The molecule has 0 bridgehead atoms. The normalized spacial score (nSPS) is 13.5. The zero-order valence-electron chi connectivity index (χ0n) is 36.4. The molecule has 0 aromatic carbocycles. The van der Waals surface area contributed by atoms with Crippen LogP contribution in [0.2, 0.25) is 12.1 Å². The van der Waals surface area contributed by atoms with Gasteiger partial charge in [-0.25, -0.2) is 0 Å². The third-order valence-corrected chi connectivity index (χ3v) is 14.5. The average Bonchev–Trinajstić information content (AvgIpc) is 2.88. The van der Waals surface area contributed by atoms with Crippen LogP contribution in [0.4, 0.5) is 0 Å². The van der Waals surface area contributed by atoms with Crippen molar-refractivity contribution in [2.75, 3.05) is 0 Å². The summed E-state index contributed by atoms with van der Waals surface area (Å²) in [6, 6.07) is 1.84. The third kappa shape index (κ3) is 33.8. The van der Waals surface area contributed by atoms with Crippen LogP contribution in [0.1, 0.15) is 220 Å². The summed E-state index contributed by atoms with van der Waals surface area (Å²) in [6.45, 7) is 35.8. The maximum atomic E-state index is 6.53. The minimum absolute atomic E-state index is 0.146. The van der Waals surface area contributed by atoms with Gasteiger partial charge in [-0.1, -0.05) is 104 Å². The minimum atomic E-state index is -2.78. The van der Waals surface area contributed by atoms with Gasteiger partial charge in [0.05, 0.1) is 16.8 Å². The molecule has 0 fully saturated rings. The lowest BCUT2D eigenvalue weighted by Gasteiger charge is -2.43. The van der Waals surface area contributed by atoms with Crippen molar-refractivity contribution in [1.82, 2.24) is 0 Å². The predicted octanol–water partition coefficient (Wildman–Crippen LogP) is 13.9. The zero-order valence-corrected chi connectivity index (χ0v) is 38.4. The molecule has 0 radical (unpaired) electrons. The summed E-state index contributed by atoms with van der Waals surface area (Å²) in [5, 5.41) is 0. The maximum Gasteiger partial charge on any atom is 0.502 e. The van der Waals surface area contributed by atoms with E-state index in [1.54, 1.807) is 0 Å². The molecule has 0 aliphatic carbocycles. The quantitative estimate of drug-likeness (QED) is 0.0619. The second-order valence-corrected chi connectivity index (χ2v) is 23.0. The second-order valence-electron chi connectivity index (χ2n) is 18.0. The van der Waals surface area contributed by atoms with Crippen molar-refractivity contribution in [3.8, 4) is 0 Å². The van der Waals surface area contributed by atoms with Gasteiger partial charge >= 0.3 is 17.6 Å². The Morgan fingerprint density at radius 3 is 0.796 bits per heavy atom. The third-order valence-electron chi connectivity index (χ3n) is 7.30. The lowest BCUT2D eigenvalue weighted by Crippen LogP contribution is -2.57. The Kier molecular flexibility index (Phi) is 28.1. The van der Waals surface area contributed by atoms with E-state index >= 15 is 0 Å². The summed E-state index contributed by atoms with van der Waals surface area (Å²) in [7, 11) is -5.35. The molecular formula is C41H90O6Si2. The monoisotopic (exact) mass is 735 g/mol. The second kappa shape index (κ2) is 26.9. The van der Waals surface area contributed by atoms with E-state index in [9.17, 15) is 0 Å². The number of rotatable bonds is 27. The standard InChI is InChI=1S/C22H48O3Si.C19H42O3Si/c1-11-12-13-14-15-16-17-18-19-26(23-20(2,3)4,24-21(5,6)7)25-22(8,9)10;1-8-9-10-11-12-13-14-15-16-23(20-17(2)3,21-18(4)5)22-19(6)7/h11-19H2,1-10H3;17-19H,8-16H2,1-7H3. The maximum absolute atomic E-state index is 6.53. The van der Waals surface area contributed by atoms with E-state index < -0.39 is 17.6 Å². The van der Waals surface area contributed by atoms with Crippen LogP contribution in [-0.4, -0.2) is 52.7 Å². The van der Waals surface area contributed by atoms with E-state index in [0.717, 1.165) is 24.9 Å². The highest BCUT2D eigenvalue weighted by Gasteiger charge is 2.49. The molecule has 6 nitrogen and oxygen atoms in total. The van der Waals surface area contributed by atoms with Crippen LogP contribution in [0.3, 0.4) is 0 Å². The molecule has 0 amide bonds. The minimum Gasteiger partial charge on any atom is -0.371 e. The van der Waals surface area contributed by atoms with Gasteiger partial charge in [-0.3, -0.25) is 0 Å². The molecule has 0 aromatic rings. The van der Waals surface area contributed by atoms with Crippen molar-refractivity contribution in [2.45, 2.75) is 268 Å². The highest BCUT2D eigenvalue weighted by atomic mass is 28.4. The molecule has 0 rings (SSSR count). The molecule has 0 N–H and O–H groups in total. The first-order valence-corrected chi connectivity index (χ1v) is 24.5. The first kappa shape index (κ1) is 51.3. The van der Waals surface area contributed by atoms with Gasteiger partial charge in [0.1, 0.15) is 0 Å². The number of hydrogen-bond acceptors (Lipinski definition) is 6. The Balaban J connectivity index is 0. The van der Waals surface area contributed by atoms with E-state index in [1.807, 2.05) is 0 Å². The van der Waals surface area contributed by atoms with Gasteiger partial charge in [0.15, 0.2) is 0 Å². The van der Waals surface area contributed by atoms with Crippen LogP contribution in [0.25, 0.3) is 0 Å². The first-order chi connectivity index (χ1) is 22.5. The summed E-state index contributed by atoms with van der Waals surface area (Å²) < 4.78 is 38.2. The summed E-state index contributed by atoms with van der Waals surface area (Å²) in [5.74, 6) is 0. The Hall–Kier alpha value is 0.194. The number of unbranched alkanes of at least 4 members (excludes halogenated alkanes) is 14. The van der Waals surface area contributed by atoms with Gasteiger partial charge in [-0.05, 0) is 117 Å². The van der Waals surface area contributed by atoms with Gasteiger partial charge in [0.2, 0.25) is 0 Å². The molecule has 0 saturated heterocycles. The Bertz CT molecular complexity index is 685. The van der Waals surface area contributed by atoms with Crippen LogP contribution in [0, 0.1) is 0 Å². The molecule has 0 saturated carbocycles. The Morgan fingerprint density at radius 1 is 0.347 bits per heavy atom. The molecule has 0 aliphatic heterocycles. The smallest absolute Gasteiger partial charge is 0.371 e. The van der Waals surface area contributed by atoms with Crippen LogP contribution >= 0.6 is 0 Å². The summed E-state index contributed by atoms with van der Waals surface area (Å²) >= 11 is 0. The Morgan fingerprint density at radius 2 is 0.571 bits per heavy atom. The largest absolute Gasteiger partial charge is 0.502 e. The van der Waals surface area contributed by atoms with Gasteiger partial charge in [0.25, 0.3) is 0 Å². The highest BCUT2D eigenvalue weighted by Crippen LogP contribution is 2.33. The van der Waals surface area contributed by atoms with E-state index in [1.165, 1.54) is 89.9 Å². The van der Waals surface area contributed by atoms with Gasteiger partial charge in [-0.2, -0.15) is 0 Å². The van der Waals surface area contributed by atoms with Crippen molar-refractivity contribution in [1.29, 1.82) is 0 Å². The fourth-order valence-corrected chi connectivity index (χ4v) is 13.2. The fraction of sp³-hybridized carbons (Fsp3) is 1.00. The van der Waals surface area contributed by atoms with E-state index in [4.69, 9.17) is 26.6 Å². The van der Waals surface area contributed by atoms with Crippen molar-refractivity contribution in [3.63, 3.8) is 0 Å². The molecule has 298 valence electrons. The van der Waals surface area contributed by atoms with Gasteiger partial charge < -0.3 is 26.6 Å². The lowest BCUT2D eigenvalue weighted by atomic mass is 10.1. The zero-order chi connectivity index (χ0) is 38.2. The van der Waals surface area contributed by atoms with Gasteiger partial charge in [0, 0.05) is 30.4 Å². The molecule has 49 heavy (non-hydrogen) atoms. The highest BCUT2D eigenvalue weighted by molar-refractivity contribution is 6.61. The van der Waals surface area contributed by atoms with E-state index in [-0.39, 0.29) is 35.1 Å². The molecule has 0 aromatic heterocycles. The summed E-state index contributed by atoms with van der Waals surface area (Å²) in [6.07, 6.45) is 21.4. The van der Waals surface area contributed by atoms with Crippen LogP contribution in [-0.2, 0) is 26.6 Å². The van der Waals surface area contributed by atoms with Crippen LogP contribution in [0.15, 0.2) is 0 Å². The van der Waals surface area contributed by atoms with Crippen molar-refractivity contribution in [3.05, 3.63) is 0 Å². The van der Waals surface area contributed by atoms with Crippen molar-refractivity contribution >= 4 is 17.6 Å². The summed E-state index contributed by atoms with van der Waals surface area (Å²) in [5.41, 5.74) is -0.825. The van der Waals surface area contributed by atoms with Crippen molar-refractivity contribution in [2.24, 2.45) is 0 Å². The van der Waals surface area contributed by atoms with E-state index in [2.05, 4.69) is 118 Å². The Labute approximate surface area is 311 Å². The average molecular weight is 735 g/mol. The molecule has 0 heterocycles. The molecule has 0 unspecified atom stereocenters. The molecular weight excluding hydrogens is 645 g/mol.